The Kier molecular flexibility index (Phi) is 4.68. The maximum Gasteiger partial charge on any atom is 0.322 e. The third-order valence-electron chi connectivity index (χ3n) is 5.03. The summed E-state index contributed by atoms with van der Waals surface area (Å²) in [5, 5.41) is 13.4. The third kappa shape index (κ3) is 3.53. The van der Waals surface area contributed by atoms with Crippen molar-refractivity contribution in [2.45, 2.75) is 26.4 Å². The molecule has 1 aromatic heterocycles. The number of aromatic nitrogens is 3. The van der Waals surface area contributed by atoms with Gasteiger partial charge < -0.3 is 15.1 Å². The van der Waals surface area contributed by atoms with E-state index in [0.29, 0.717) is 30.8 Å². The van der Waals surface area contributed by atoms with Crippen LogP contribution in [0.3, 0.4) is 0 Å². The van der Waals surface area contributed by atoms with Crippen LogP contribution < -0.4 is 5.32 Å². The summed E-state index contributed by atoms with van der Waals surface area (Å²) in [6.45, 7) is 5.35. The topological polar surface area (TPSA) is 94.2 Å². The van der Waals surface area contributed by atoms with E-state index in [1.165, 1.54) is 5.56 Å². The highest BCUT2D eigenvalue weighted by molar-refractivity contribution is 5.95. The number of aromatic amines is 1. The van der Waals surface area contributed by atoms with Gasteiger partial charge in [0.05, 0.1) is 0 Å². The minimum atomic E-state index is -0.519. The molecule has 2 heterocycles. The predicted molar refractivity (Wildman–Crippen MR) is 106 cm³/mol. The smallest absolute Gasteiger partial charge is 0.322 e. The van der Waals surface area contributed by atoms with Crippen molar-refractivity contribution in [1.82, 2.24) is 25.2 Å². The number of carbonyl (C=O) groups is 2. The summed E-state index contributed by atoms with van der Waals surface area (Å²) in [5.41, 5.74) is 4.28. The van der Waals surface area contributed by atoms with Crippen LogP contribution in [0.1, 0.15) is 18.1 Å². The van der Waals surface area contributed by atoms with Crippen LogP contribution in [-0.2, 0) is 11.3 Å². The molecule has 144 valence electrons. The number of urea groups is 1. The molecule has 0 aliphatic carbocycles. The van der Waals surface area contributed by atoms with Gasteiger partial charge in [0.1, 0.15) is 17.1 Å². The standard InChI is InChI=1S/C20H22N6O2/c1-13-4-3-5-15(10-13)12-25-8-9-26(14(2)19(25)27)20(28)21-16-6-7-17-18(11-16)23-24-22-17/h3-7,10-11,14H,8-9,12H2,1-2H3,(H,21,28)(H,22,23,24). The molecule has 8 nitrogen and oxygen atoms in total. The molecule has 1 aliphatic rings. The number of fused-ring (bicyclic) bond motifs is 1. The minimum absolute atomic E-state index is 0.0464. The Bertz CT molecular complexity index is 1030. The van der Waals surface area contributed by atoms with E-state index in [0.717, 1.165) is 11.1 Å². The summed E-state index contributed by atoms with van der Waals surface area (Å²) in [5.74, 6) is -0.0464. The molecule has 1 saturated heterocycles. The predicted octanol–water partition coefficient (Wildman–Crippen LogP) is 2.53. The molecule has 2 N–H and O–H groups in total. The summed E-state index contributed by atoms with van der Waals surface area (Å²) in [4.78, 5) is 28.9. The number of carbonyl (C=O) groups excluding carboxylic acids is 2. The van der Waals surface area contributed by atoms with Gasteiger partial charge >= 0.3 is 6.03 Å². The van der Waals surface area contributed by atoms with Gasteiger partial charge in [-0.15, -0.1) is 0 Å². The number of H-pyrrole nitrogens is 1. The van der Waals surface area contributed by atoms with Crippen molar-refractivity contribution in [2.24, 2.45) is 0 Å². The van der Waals surface area contributed by atoms with Crippen LogP contribution in [0, 0.1) is 6.92 Å². The highest BCUT2D eigenvalue weighted by Crippen LogP contribution is 2.19. The Morgan fingerprint density at radius 1 is 1.18 bits per heavy atom. The van der Waals surface area contributed by atoms with Crippen LogP contribution in [-0.4, -0.2) is 56.3 Å². The van der Waals surface area contributed by atoms with Gasteiger partial charge in [0.25, 0.3) is 0 Å². The number of nitrogens with one attached hydrogen (secondary N) is 2. The Morgan fingerprint density at radius 3 is 2.82 bits per heavy atom. The molecule has 1 aliphatic heterocycles. The van der Waals surface area contributed by atoms with Crippen molar-refractivity contribution >= 4 is 28.7 Å². The number of rotatable bonds is 3. The maximum atomic E-state index is 12.8. The van der Waals surface area contributed by atoms with E-state index in [1.54, 1.807) is 30.0 Å². The third-order valence-corrected chi connectivity index (χ3v) is 5.03. The lowest BCUT2D eigenvalue weighted by molar-refractivity contribution is -0.139. The van der Waals surface area contributed by atoms with Crippen molar-refractivity contribution < 1.29 is 9.59 Å². The lowest BCUT2D eigenvalue weighted by Gasteiger charge is -2.39. The number of hydrogen-bond donors (Lipinski definition) is 2. The zero-order valence-electron chi connectivity index (χ0n) is 15.8. The van der Waals surface area contributed by atoms with Crippen molar-refractivity contribution in [2.75, 3.05) is 18.4 Å². The van der Waals surface area contributed by atoms with Crippen LogP contribution >= 0.6 is 0 Å². The van der Waals surface area contributed by atoms with Gasteiger partial charge in [0.15, 0.2) is 0 Å². The molecule has 4 rings (SSSR count). The molecule has 8 heteroatoms. The Labute approximate surface area is 162 Å². The molecule has 28 heavy (non-hydrogen) atoms. The highest BCUT2D eigenvalue weighted by atomic mass is 16.2. The maximum absolute atomic E-state index is 12.8. The summed E-state index contributed by atoms with van der Waals surface area (Å²) in [6.07, 6.45) is 0. The molecule has 0 saturated carbocycles. The molecule has 0 radical (unpaired) electrons. The average molecular weight is 378 g/mol. The van der Waals surface area contributed by atoms with Crippen LogP contribution in [0.5, 0.6) is 0 Å². The SMILES string of the molecule is Cc1cccc(CN2CCN(C(=O)Nc3ccc4n[nH]nc4c3)C(C)C2=O)c1. The number of anilines is 1. The Morgan fingerprint density at radius 2 is 2.00 bits per heavy atom. The number of hydrogen-bond acceptors (Lipinski definition) is 4. The summed E-state index contributed by atoms with van der Waals surface area (Å²) < 4.78 is 0. The van der Waals surface area contributed by atoms with Gasteiger partial charge in [0.2, 0.25) is 5.91 Å². The van der Waals surface area contributed by atoms with Crippen molar-refractivity contribution in [3.05, 3.63) is 53.6 Å². The zero-order chi connectivity index (χ0) is 19.7. The molecule has 3 amide bonds. The highest BCUT2D eigenvalue weighted by Gasteiger charge is 2.34. The van der Waals surface area contributed by atoms with Gasteiger partial charge in [-0.05, 0) is 37.6 Å². The zero-order valence-corrected chi connectivity index (χ0v) is 15.8. The molecule has 0 bridgehead atoms. The monoisotopic (exact) mass is 378 g/mol. The number of nitrogens with zero attached hydrogens (tertiary/aromatic N) is 4. The van der Waals surface area contributed by atoms with Crippen LogP contribution in [0.4, 0.5) is 10.5 Å². The van der Waals surface area contributed by atoms with Gasteiger partial charge in [-0.3, -0.25) is 4.79 Å². The molecular formula is C20H22N6O2. The molecule has 2 aromatic carbocycles. The first-order valence-electron chi connectivity index (χ1n) is 9.24. The molecular weight excluding hydrogens is 356 g/mol. The van der Waals surface area contributed by atoms with Crippen LogP contribution in [0.25, 0.3) is 11.0 Å². The van der Waals surface area contributed by atoms with Gasteiger partial charge in [-0.25, -0.2) is 4.79 Å². The van der Waals surface area contributed by atoms with E-state index in [9.17, 15) is 9.59 Å². The molecule has 3 aromatic rings. The fourth-order valence-corrected chi connectivity index (χ4v) is 3.51. The molecule has 1 unspecified atom stereocenters. The van der Waals surface area contributed by atoms with Gasteiger partial charge in [-0.1, -0.05) is 29.8 Å². The number of piperazine rings is 1. The van der Waals surface area contributed by atoms with E-state index in [-0.39, 0.29) is 11.9 Å². The van der Waals surface area contributed by atoms with Gasteiger partial charge in [-0.2, -0.15) is 15.4 Å². The second-order valence-corrected chi connectivity index (χ2v) is 7.08. The molecule has 0 spiro atoms. The lowest BCUT2D eigenvalue weighted by atomic mass is 10.1. The van der Waals surface area contributed by atoms with E-state index in [1.807, 2.05) is 30.0 Å². The second kappa shape index (κ2) is 7.30. The first-order chi connectivity index (χ1) is 13.5. The van der Waals surface area contributed by atoms with Crippen LogP contribution in [0.2, 0.25) is 0 Å². The fourth-order valence-electron chi connectivity index (χ4n) is 3.51. The number of aryl methyl sites for hydroxylation is 1. The summed E-state index contributed by atoms with van der Waals surface area (Å²) >= 11 is 0. The quantitative estimate of drug-likeness (QED) is 0.732. The van der Waals surface area contributed by atoms with Gasteiger partial charge in [0, 0.05) is 25.3 Å². The Balaban J connectivity index is 1.42. The van der Waals surface area contributed by atoms with Crippen molar-refractivity contribution in [3.63, 3.8) is 0 Å². The lowest BCUT2D eigenvalue weighted by Crippen LogP contribution is -2.58. The van der Waals surface area contributed by atoms with Crippen LogP contribution in [0.15, 0.2) is 42.5 Å². The van der Waals surface area contributed by atoms with Crippen molar-refractivity contribution in [3.8, 4) is 0 Å². The molecule has 1 atom stereocenters. The van der Waals surface area contributed by atoms with E-state index < -0.39 is 6.04 Å². The molecule has 1 fully saturated rings. The summed E-state index contributed by atoms with van der Waals surface area (Å²) in [7, 11) is 0. The first-order valence-corrected chi connectivity index (χ1v) is 9.24. The normalized spacial score (nSPS) is 17.2. The largest absolute Gasteiger partial charge is 0.335 e. The second-order valence-electron chi connectivity index (χ2n) is 7.08. The van der Waals surface area contributed by atoms with E-state index in [2.05, 4.69) is 26.8 Å². The Hall–Kier alpha value is -3.42. The van der Waals surface area contributed by atoms with Crippen molar-refractivity contribution in [1.29, 1.82) is 0 Å². The number of amides is 3. The summed E-state index contributed by atoms with van der Waals surface area (Å²) in [6, 6.07) is 12.6. The minimum Gasteiger partial charge on any atom is -0.335 e. The fraction of sp³-hybridized carbons (Fsp3) is 0.300. The van der Waals surface area contributed by atoms with E-state index >= 15 is 0 Å². The van der Waals surface area contributed by atoms with E-state index in [4.69, 9.17) is 0 Å². The first kappa shape index (κ1) is 18.0. The number of benzene rings is 2. The average Bonchev–Trinajstić information content (AvgIpc) is 3.13.